The lowest BCUT2D eigenvalue weighted by Gasteiger charge is -2.49. The van der Waals surface area contributed by atoms with Crippen molar-refractivity contribution in [3.05, 3.63) is 74.8 Å². The highest BCUT2D eigenvalue weighted by Crippen LogP contribution is 2.53. The van der Waals surface area contributed by atoms with Crippen molar-refractivity contribution in [2.45, 2.75) is 25.2 Å². The molecule has 4 nitrogen and oxygen atoms in total. The first-order valence-corrected chi connectivity index (χ1v) is 9.27. The third-order valence-corrected chi connectivity index (χ3v) is 5.96. The number of fused-ring (bicyclic) bond motifs is 1. The molecule has 4 rings (SSSR count). The van der Waals surface area contributed by atoms with Crippen LogP contribution in [0.2, 0.25) is 10.0 Å². The van der Waals surface area contributed by atoms with E-state index in [0.29, 0.717) is 26.9 Å². The zero-order valence-electron chi connectivity index (χ0n) is 15.1. The topological polar surface area (TPSA) is 44.8 Å². The third-order valence-electron chi connectivity index (χ3n) is 5.30. The summed E-state index contributed by atoms with van der Waals surface area (Å²) in [6.45, 7) is 3.99. The van der Waals surface area contributed by atoms with E-state index in [4.69, 9.17) is 37.4 Å². The van der Waals surface area contributed by atoms with Gasteiger partial charge in [0.1, 0.15) is 5.75 Å². The predicted molar refractivity (Wildman–Crippen MR) is 104 cm³/mol. The van der Waals surface area contributed by atoms with Crippen LogP contribution < -0.4 is 4.74 Å². The summed E-state index contributed by atoms with van der Waals surface area (Å²) in [7, 11) is 1.51. The van der Waals surface area contributed by atoms with E-state index in [1.165, 1.54) is 7.11 Å². The van der Waals surface area contributed by atoms with Crippen LogP contribution in [0.4, 0.5) is 0 Å². The van der Waals surface area contributed by atoms with Crippen LogP contribution in [0.5, 0.6) is 5.75 Å². The molecule has 2 aromatic rings. The Balaban J connectivity index is 2.03. The van der Waals surface area contributed by atoms with Crippen molar-refractivity contribution in [1.82, 2.24) is 0 Å². The van der Waals surface area contributed by atoms with Crippen LogP contribution in [-0.2, 0) is 15.3 Å². The van der Waals surface area contributed by atoms with Crippen LogP contribution >= 0.6 is 23.2 Å². The van der Waals surface area contributed by atoms with E-state index in [2.05, 4.69) is 0 Å². The fourth-order valence-corrected chi connectivity index (χ4v) is 4.16. The summed E-state index contributed by atoms with van der Waals surface area (Å²) < 4.78 is 18.4. The molecule has 2 aliphatic rings. The van der Waals surface area contributed by atoms with Gasteiger partial charge in [-0.05, 0) is 49.2 Å². The smallest absolute Gasteiger partial charge is 0.278 e. The number of carbonyl (C=O) groups excluding carboxylic acids is 1. The second-order valence-electron chi connectivity index (χ2n) is 6.74. The van der Waals surface area contributed by atoms with E-state index in [1.807, 2.05) is 19.9 Å². The Bertz CT molecular complexity index is 967. The van der Waals surface area contributed by atoms with Crippen LogP contribution in [0.15, 0.2) is 48.0 Å². The molecule has 0 radical (unpaired) electrons. The number of rotatable bonds is 2. The minimum absolute atomic E-state index is 0.242. The quantitative estimate of drug-likeness (QED) is 0.653. The first-order valence-electron chi connectivity index (χ1n) is 8.52. The summed E-state index contributed by atoms with van der Waals surface area (Å²) in [6, 6.07) is 10.4. The average Bonchev–Trinajstić information content (AvgIpc) is 3.04. The number of ether oxygens (including phenoxy) is 3. The molecule has 1 spiro atoms. The highest BCUT2D eigenvalue weighted by Gasteiger charge is 2.67. The molecule has 2 heterocycles. The summed E-state index contributed by atoms with van der Waals surface area (Å²) in [4.78, 5) is 13.7. The van der Waals surface area contributed by atoms with Gasteiger partial charge in [-0.1, -0.05) is 41.4 Å². The van der Waals surface area contributed by atoms with Gasteiger partial charge >= 0.3 is 0 Å². The van der Waals surface area contributed by atoms with Crippen molar-refractivity contribution in [2.75, 3.05) is 13.7 Å². The number of hydrogen-bond donors (Lipinski definition) is 0. The van der Waals surface area contributed by atoms with Crippen LogP contribution in [-0.4, -0.2) is 25.1 Å². The van der Waals surface area contributed by atoms with Gasteiger partial charge in [0.15, 0.2) is 0 Å². The maximum atomic E-state index is 13.7. The molecule has 140 valence electrons. The molecule has 2 atom stereocenters. The second-order valence-corrected chi connectivity index (χ2v) is 7.58. The van der Waals surface area contributed by atoms with Crippen LogP contribution in [0.1, 0.15) is 28.4 Å². The Morgan fingerprint density at radius 3 is 2.41 bits per heavy atom. The number of hydrogen-bond acceptors (Lipinski definition) is 4. The SMILES string of the molecule is COC1(c2ccc(Cl)cc2)Oc2cc(C)c(Cl)cc2C(=O)C12OCC=C2C. The van der Waals surface area contributed by atoms with Crippen molar-refractivity contribution >= 4 is 29.0 Å². The zero-order valence-corrected chi connectivity index (χ0v) is 16.6. The number of halogens is 2. The molecule has 2 unspecified atom stereocenters. The van der Waals surface area contributed by atoms with Crippen LogP contribution in [0.25, 0.3) is 0 Å². The minimum atomic E-state index is -1.49. The number of aryl methyl sites for hydroxylation is 1. The fraction of sp³-hybridized carbons (Fsp3) is 0.286. The Morgan fingerprint density at radius 2 is 1.81 bits per heavy atom. The van der Waals surface area contributed by atoms with E-state index in [0.717, 1.165) is 11.1 Å². The van der Waals surface area contributed by atoms with E-state index in [9.17, 15) is 4.79 Å². The Morgan fingerprint density at radius 1 is 1.11 bits per heavy atom. The van der Waals surface area contributed by atoms with E-state index < -0.39 is 11.4 Å². The number of Topliss-reactive ketones (excluding diaryl/α,β-unsaturated/α-hetero) is 1. The van der Waals surface area contributed by atoms with Gasteiger partial charge in [0.2, 0.25) is 11.4 Å². The molecule has 2 aliphatic heterocycles. The van der Waals surface area contributed by atoms with Gasteiger partial charge in [-0.25, -0.2) is 0 Å². The molecule has 0 fully saturated rings. The monoisotopic (exact) mass is 404 g/mol. The molecular formula is C21H18Cl2O4. The van der Waals surface area contributed by atoms with Crippen molar-refractivity contribution < 1.29 is 19.0 Å². The number of ketones is 1. The molecule has 0 aliphatic carbocycles. The van der Waals surface area contributed by atoms with Gasteiger partial charge in [0.25, 0.3) is 5.79 Å². The van der Waals surface area contributed by atoms with Crippen molar-refractivity contribution in [3.8, 4) is 5.75 Å². The van der Waals surface area contributed by atoms with Crippen molar-refractivity contribution in [3.63, 3.8) is 0 Å². The maximum Gasteiger partial charge on any atom is 0.278 e. The molecule has 27 heavy (non-hydrogen) atoms. The third kappa shape index (κ3) is 2.41. The average molecular weight is 405 g/mol. The lowest BCUT2D eigenvalue weighted by Crippen LogP contribution is -2.64. The lowest BCUT2D eigenvalue weighted by atomic mass is 9.74. The fourth-order valence-electron chi connectivity index (χ4n) is 3.87. The molecular weight excluding hydrogens is 387 g/mol. The molecule has 0 bridgehead atoms. The normalized spacial score (nSPS) is 26.7. The summed E-state index contributed by atoms with van der Waals surface area (Å²) in [5.74, 6) is -1.32. The molecule has 0 saturated heterocycles. The molecule has 0 saturated carbocycles. The summed E-state index contributed by atoms with van der Waals surface area (Å²) in [5, 5.41) is 1.07. The molecule has 0 aromatic heterocycles. The van der Waals surface area contributed by atoms with Gasteiger partial charge in [0.05, 0.1) is 12.2 Å². The second kappa shape index (κ2) is 6.35. The standard InChI is InChI=1S/C21H18Cl2O4/c1-12-10-18-16(11-17(12)23)19(24)20(13(2)8-9-26-20)21(25-3,27-18)14-4-6-15(22)7-5-14/h4-8,10-11H,9H2,1-3H3. The largest absolute Gasteiger partial charge is 0.453 e. The highest BCUT2D eigenvalue weighted by atomic mass is 35.5. The summed E-state index contributed by atoms with van der Waals surface area (Å²) in [5.41, 5.74) is 1.10. The van der Waals surface area contributed by atoms with Crippen LogP contribution in [0, 0.1) is 6.92 Å². The Labute approximate surface area is 167 Å². The Kier molecular flexibility index (Phi) is 4.35. The molecule has 0 N–H and O–H groups in total. The minimum Gasteiger partial charge on any atom is -0.453 e. The lowest BCUT2D eigenvalue weighted by molar-refractivity contribution is -0.260. The number of methoxy groups -OCH3 is 1. The molecule has 6 heteroatoms. The van der Waals surface area contributed by atoms with E-state index >= 15 is 0 Å². The van der Waals surface area contributed by atoms with E-state index in [-0.39, 0.29) is 12.4 Å². The first-order chi connectivity index (χ1) is 12.9. The van der Waals surface area contributed by atoms with Gasteiger partial charge in [0, 0.05) is 22.7 Å². The number of benzene rings is 2. The first kappa shape index (κ1) is 18.5. The maximum absolute atomic E-state index is 13.7. The van der Waals surface area contributed by atoms with Gasteiger partial charge in [-0.2, -0.15) is 0 Å². The zero-order chi connectivity index (χ0) is 19.4. The van der Waals surface area contributed by atoms with Crippen molar-refractivity contribution in [1.29, 1.82) is 0 Å². The van der Waals surface area contributed by atoms with Gasteiger partial charge in [-0.15, -0.1) is 0 Å². The Hall–Kier alpha value is -1.85. The van der Waals surface area contributed by atoms with E-state index in [1.54, 1.807) is 36.4 Å². The molecule has 0 amide bonds. The van der Waals surface area contributed by atoms with Gasteiger partial charge < -0.3 is 14.2 Å². The number of carbonyl (C=O) groups is 1. The molecule has 2 aromatic carbocycles. The van der Waals surface area contributed by atoms with Crippen LogP contribution in [0.3, 0.4) is 0 Å². The van der Waals surface area contributed by atoms with Gasteiger partial charge in [-0.3, -0.25) is 4.79 Å². The highest BCUT2D eigenvalue weighted by molar-refractivity contribution is 6.32. The van der Waals surface area contributed by atoms with Crippen molar-refractivity contribution in [2.24, 2.45) is 0 Å². The summed E-state index contributed by atoms with van der Waals surface area (Å²) >= 11 is 12.3. The predicted octanol–water partition coefficient (Wildman–Crippen LogP) is 5.09. The summed E-state index contributed by atoms with van der Waals surface area (Å²) in [6.07, 6.45) is 1.87.